The lowest BCUT2D eigenvalue weighted by atomic mass is 10.1. The Balaban J connectivity index is 0.00000363. The molecule has 0 spiro atoms. The predicted octanol–water partition coefficient (Wildman–Crippen LogP) is 3.27. The second-order valence-electron chi connectivity index (χ2n) is 7.48. The lowest BCUT2D eigenvalue weighted by molar-refractivity contribution is 0.171. The Labute approximate surface area is 208 Å². The van der Waals surface area contributed by atoms with Gasteiger partial charge in [-0.2, -0.15) is 0 Å². The first kappa shape index (κ1) is 26.1. The number of para-hydroxylation sites is 1. The summed E-state index contributed by atoms with van der Waals surface area (Å²) >= 11 is 0. The average Bonchev–Trinajstić information content (AvgIpc) is 2.82. The van der Waals surface area contributed by atoms with Gasteiger partial charge in [0.05, 0.1) is 21.3 Å². The number of hydrogen-bond acceptors (Lipinski definition) is 5. The minimum atomic E-state index is 0. The molecule has 1 heterocycles. The molecule has 0 unspecified atom stereocenters. The molecule has 0 saturated carbocycles. The molecule has 3 rings (SSSR count). The number of nitrogens with zero attached hydrogens (tertiary/aromatic N) is 3. The van der Waals surface area contributed by atoms with Gasteiger partial charge in [-0.3, -0.25) is 9.89 Å². The normalized spacial score (nSPS) is 14.5. The Morgan fingerprint density at radius 3 is 2.25 bits per heavy atom. The second-order valence-corrected chi connectivity index (χ2v) is 7.48. The van der Waals surface area contributed by atoms with Gasteiger partial charge in [-0.1, -0.05) is 18.2 Å². The van der Waals surface area contributed by atoms with Crippen LogP contribution in [0.4, 0.5) is 0 Å². The highest BCUT2D eigenvalue weighted by Crippen LogP contribution is 2.25. The van der Waals surface area contributed by atoms with Crippen molar-refractivity contribution in [2.75, 3.05) is 61.1 Å². The van der Waals surface area contributed by atoms with Crippen molar-refractivity contribution in [3.05, 3.63) is 53.6 Å². The van der Waals surface area contributed by atoms with Crippen molar-refractivity contribution < 1.29 is 14.2 Å². The van der Waals surface area contributed by atoms with Crippen molar-refractivity contribution in [3.63, 3.8) is 0 Å². The molecule has 2 aromatic carbocycles. The molecule has 0 atom stereocenters. The third-order valence-electron chi connectivity index (χ3n) is 5.64. The number of methoxy groups -OCH3 is 3. The number of piperazine rings is 1. The van der Waals surface area contributed by atoms with Crippen LogP contribution in [0.25, 0.3) is 0 Å². The molecule has 0 aliphatic carbocycles. The molecular formula is C24H35IN4O3. The van der Waals surface area contributed by atoms with Crippen molar-refractivity contribution in [2.24, 2.45) is 4.99 Å². The van der Waals surface area contributed by atoms with Gasteiger partial charge in [0.2, 0.25) is 0 Å². The number of hydrogen-bond donors (Lipinski definition) is 1. The monoisotopic (exact) mass is 554 g/mol. The first-order valence-corrected chi connectivity index (χ1v) is 10.7. The van der Waals surface area contributed by atoms with E-state index >= 15 is 0 Å². The predicted molar refractivity (Wildman–Crippen MR) is 140 cm³/mol. The van der Waals surface area contributed by atoms with Crippen LogP contribution in [0.5, 0.6) is 17.2 Å². The van der Waals surface area contributed by atoms with Gasteiger partial charge in [-0.25, -0.2) is 0 Å². The van der Waals surface area contributed by atoms with E-state index in [1.54, 1.807) is 21.3 Å². The van der Waals surface area contributed by atoms with Gasteiger partial charge in [0.25, 0.3) is 0 Å². The largest absolute Gasteiger partial charge is 0.497 e. The number of halogens is 1. The molecule has 7 nitrogen and oxygen atoms in total. The number of ether oxygens (including phenoxy) is 3. The lowest BCUT2D eigenvalue weighted by Gasteiger charge is -2.36. The van der Waals surface area contributed by atoms with Crippen LogP contribution in [0.2, 0.25) is 0 Å². The molecule has 1 N–H and O–H groups in total. The van der Waals surface area contributed by atoms with Crippen LogP contribution in [0.3, 0.4) is 0 Å². The highest BCUT2D eigenvalue weighted by molar-refractivity contribution is 14.0. The van der Waals surface area contributed by atoms with Gasteiger partial charge in [0, 0.05) is 51.9 Å². The second kappa shape index (κ2) is 13.4. The fourth-order valence-electron chi connectivity index (χ4n) is 3.91. The zero-order valence-electron chi connectivity index (χ0n) is 19.5. The van der Waals surface area contributed by atoms with Crippen molar-refractivity contribution in [1.29, 1.82) is 0 Å². The maximum atomic E-state index is 5.53. The van der Waals surface area contributed by atoms with Crippen molar-refractivity contribution in [3.8, 4) is 17.2 Å². The summed E-state index contributed by atoms with van der Waals surface area (Å²) < 4.78 is 16.4. The number of benzene rings is 2. The summed E-state index contributed by atoms with van der Waals surface area (Å²) in [5.74, 6) is 3.64. The van der Waals surface area contributed by atoms with E-state index in [1.165, 1.54) is 5.56 Å². The first-order valence-electron chi connectivity index (χ1n) is 10.7. The van der Waals surface area contributed by atoms with Crippen LogP contribution in [0.15, 0.2) is 47.5 Å². The molecular weight excluding hydrogens is 519 g/mol. The smallest absolute Gasteiger partial charge is 0.193 e. The third-order valence-corrected chi connectivity index (χ3v) is 5.64. The van der Waals surface area contributed by atoms with E-state index in [2.05, 4.69) is 32.2 Å². The summed E-state index contributed by atoms with van der Waals surface area (Å²) in [5.41, 5.74) is 2.35. The molecule has 1 saturated heterocycles. The zero-order valence-corrected chi connectivity index (χ0v) is 21.8. The molecule has 32 heavy (non-hydrogen) atoms. The van der Waals surface area contributed by atoms with E-state index in [4.69, 9.17) is 14.2 Å². The Kier molecular flexibility index (Phi) is 10.9. The molecule has 0 radical (unpaired) electrons. The van der Waals surface area contributed by atoms with Gasteiger partial charge in [-0.15, -0.1) is 24.0 Å². The number of rotatable bonds is 8. The van der Waals surface area contributed by atoms with Crippen molar-refractivity contribution in [1.82, 2.24) is 15.1 Å². The molecule has 0 amide bonds. The average molecular weight is 554 g/mol. The highest BCUT2D eigenvalue weighted by Gasteiger charge is 2.20. The Bertz CT molecular complexity index is 870. The van der Waals surface area contributed by atoms with E-state index in [-0.39, 0.29) is 24.0 Å². The summed E-state index contributed by atoms with van der Waals surface area (Å²) in [5, 5.41) is 3.50. The minimum absolute atomic E-state index is 0. The van der Waals surface area contributed by atoms with Crippen LogP contribution in [0.1, 0.15) is 11.1 Å². The van der Waals surface area contributed by atoms with E-state index in [0.717, 1.165) is 74.5 Å². The molecule has 0 bridgehead atoms. The topological polar surface area (TPSA) is 58.6 Å². The highest BCUT2D eigenvalue weighted by atomic mass is 127. The number of aliphatic imine (C=N–C) groups is 1. The van der Waals surface area contributed by atoms with Gasteiger partial charge in [0.15, 0.2) is 5.96 Å². The maximum Gasteiger partial charge on any atom is 0.193 e. The van der Waals surface area contributed by atoms with E-state index in [0.29, 0.717) is 0 Å². The summed E-state index contributed by atoms with van der Waals surface area (Å²) in [7, 11) is 6.96. The Morgan fingerprint density at radius 1 is 0.906 bits per heavy atom. The summed E-state index contributed by atoms with van der Waals surface area (Å²) in [6.45, 7) is 5.45. The molecule has 1 fully saturated rings. The van der Waals surface area contributed by atoms with Crippen LogP contribution in [-0.4, -0.2) is 76.9 Å². The van der Waals surface area contributed by atoms with Crippen LogP contribution in [0, 0.1) is 0 Å². The number of nitrogens with one attached hydrogen (secondary N) is 1. The standard InChI is InChI=1S/C24H34N4O3.HI/c1-25-24(26-12-11-19-7-5-6-8-22(19)30-3)28-15-13-27(14-16-28)18-20-17-21(29-2)9-10-23(20)31-4;/h5-10,17H,11-16,18H2,1-4H3,(H,25,26);1H. The van der Waals surface area contributed by atoms with Gasteiger partial charge in [0.1, 0.15) is 17.2 Å². The first-order chi connectivity index (χ1) is 15.2. The lowest BCUT2D eigenvalue weighted by Crippen LogP contribution is -2.52. The van der Waals surface area contributed by atoms with Gasteiger partial charge < -0.3 is 24.4 Å². The summed E-state index contributed by atoms with van der Waals surface area (Å²) in [6, 6.07) is 14.1. The quantitative estimate of drug-likeness (QED) is 0.307. The third kappa shape index (κ3) is 6.90. The fourth-order valence-corrected chi connectivity index (χ4v) is 3.91. The molecule has 1 aliphatic rings. The molecule has 1 aliphatic heterocycles. The van der Waals surface area contributed by atoms with Gasteiger partial charge in [-0.05, 0) is 36.2 Å². The Hall–Kier alpha value is -2.20. The summed E-state index contributed by atoms with van der Waals surface area (Å²) in [6.07, 6.45) is 0.888. The molecule has 0 aromatic heterocycles. The fraction of sp³-hybridized carbons (Fsp3) is 0.458. The Morgan fingerprint density at radius 2 is 1.59 bits per heavy atom. The SMILES string of the molecule is CN=C(NCCc1ccccc1OC)N1CCN(Cc2cc(OC)ccc2OC)CC1.I. The van der Waals surface area contributed by atoms with Crippen LogP contribution < -0.4 is 19.5 Å². The minimum Gasteiger partial charge on any atom is -0.497 e. The van der Waals surface area contributed by atoms with Crippen molar-refractivity contribution >= 4 is 29.9 Å². The number of guanidine groups is 1. The van der Waals surface area contributed by atoms with Crippen molar-refractivity contribution in [2.45, 2.75) is 13.0 Å². The summed E-state index contributed by atoms with van der Waals surface area (Å²) in [4.78, 5) is 9.25. The maximum absolute atomic E-state index is 5.53. The van der Waals surface area contributed by atoms with Gasteiger partial charge >= 0.3 is 0 Å². The zero-order chi connectivity index (χ0) is 22.1. The van der Waals surface area contributed by atoms with Crippen LogP contribution >= 0.6 is 24.0 Å². The molecule has 2 aromatic rings. The van der Waals surface area contributed by atoms with E-state index < -0.39 is 0 Å². The van der Waals surface area contributed by atoms with E-state index in [1.807, 2.05) is 37.4 Å². The molecule has 8 heteroatoms. The van der Waals surface area contributed by atoms with E-state index in [9.17, 15) is 0 Å². The van der Waals surface area contributed by atoms with Crippen LogP contribution in [-0.2, 0) is 13.0 Å². The molecule has 176 valence electrons.